The molecular formula is C16H17F3S. The molecule has 0 amide bonds. The number of halogens is 3. The van der Waals surface area contributed by atoms with Gasteiger partial charge in [0, 0.05) is 9.79 Å². The van der Waals surface area contributed by atoms with Crippen molar-refractivity contribution in [2.24, 2.45) is 0 Å². The molecule has 0 aliphatic carbocycles. The van der Waals surface area contributed by atoms with Gasteiger partial charge in [-0.1, -0.05) is 43.8 Å². The maximum atomic E-state index is 12.4. The molecule has 0 atom stereocenters. The monoisotopic (exact) mass is 298 g/mol. The Morgan fingerprint density at radius 2 is 1.40 bits per heavy atom. The van der Waals surface area contributed by atoms with Crippen molar-refractivity contribution in [1.82, 2.24) is 0 Å². The number of aryl methyl sites for hydroxylation is 1. The van der Waals surface area contributed by atoms with E-state index in [1.807, 2.05) is 45.0 Å². The quantitative estimate of drug-likeness (QED) is 0.637. The number of hydrogen-bond donors (Lipinski definition) is 0. The molecular weight excluding hydrogens is 281 g/mol. The van der Waals surface area contributed by atoms with E-state index in [1.165, 1.54) is 23.9 Å². The Morgan fingerprint density at radius 3 is 1.90 bits per heavy atom. The average Bonchev–Trinajstić information content (AvgIpc) is 2.43. The van der Waals surface area contributed by atoms with Crippen LogP contribution in [-0.2, 0) is 6.18 Å². The van der Waals surface area contributed by atoms with Crippen LogP contribution in [0.25, 0.3) is 0 Å². The number of alkyl halides is 3. The van der Waals surface area contributed by atoms with Crippen LogP contribution < -0.4 is 0 Å². The van der Waals surface area contributed by atoms with Crippen LogP contribution in [0.1, 0.15) is 25.0 Å². The first-order valence-electron chi connectivity index (χ1n) is 6.37. The fourth-order valence-corrected chi connectivity index (χ4v) is 2.41. The van der Waals surface area contributed by atoms with Gasteiger partial charge in [0.25, 0.3) is 0 Å². The summed E-state index contributed by atoms with van der Waals surface area (Å²) in [5, 5.41) is 0. The lowest BCUT2D eigenvalue weighted by Crippen LogP contribution is -2.03. The molecule has 0 unspecified atom stereocenters. The van der Waals surface area contributed by atoms with Gasteiger partial charge < -0.3 is 0 Å². The molecule has 0 heterocycles. The zero-order chi connectivity index (χ0) is 15.2. The van der Waals surface area contributed by atoms with Crippen LogP contribution in [0.4, 0.5) is 13.2 Å². The van der Waals surface area contributed by atoms with Crippen molar-refractivity contribution in [1.29, 1.82) is 0 Å². The normalized spacial score (nSPS) is 10.7. The summed E-state index contributed by atoms with van der Waals surface area (Å²) in [6, 6.07) is 13.0. The number of hydrogen-bond acceptors (Lipinski definition) is 1. The van der Waals surface area contributed by atoms with Crippen LogP contribution in [0.2, 0.25) is 0 Å². The smallest absolute Gasteiger partial charge is 0.166 e. The highest BCUT2D eigenvalue weighted by Gasteiger charge is 2.29. The van der Waals surface area contributed by atoms with Gasteiger partial charge in [-0.3, -0.25) is 0 Å². The highest BCUT2D eigenvalue weighted by Crippen LogP contribution is 2.33. The molecule has 0 fully saturated rings. The predicted molar refractivity (Wildman–Crippen MR) is 78.1 cm³/mol. The van der Waals surface area contributed by atoms with Crippen molar-refractivity contribution >= 4 is 11.8 Å². The summed E-state index contributed by atoms with van der Waals surface area (Å²) in [6.07, 6.45) is -4.27. The molecule has 0 nitrogen and oxygen atoms in total. The summed E-state index contributed by atoms with van der Waals surface area (Å²) in [7, 11) is 0. The van der Waals surface area contributed by atoms with E-state index >= 15 is 0 Å². The summed E-state index contributed by atoms with van der Waals surface area (Å²) >= 11 is 1.47. The van der Waals surface area contributed by atoms with E-state index in [1.54, 1.807) is 0 Å². The van der Waals surface area contributed by atoms with Crippen molar-refractivity contribution in [3.8, 4) is 0 Å². The van der Waals surface area contributed by atoms with Crippen molar-refractivity contribution in [2.45, 2.75) is 36.7 Å². The Labute approximate surface area is 122 Å². The SMILES string of the molecule is CC.Cc1ccccc1Sc1ccc(C(F)(F)F)cc1. The van der Waals surface area contributed by atoms with Crippen molar-refractivity contribution in [3.63, 3.8) is 0 Å². The fourth-order valence-electron chi connectivity index (χ4n) is 1.51. The molecule has 0 aromatic heterocycles. The van der Waals surface area contributed by atoms with Gasteiger partial charge in [-0.15, -0.1) is 0 Å². The third-order valence-electron chi connectivity index (χ3n) is 2.50. The maximum Gasteiger partial charge on any atom is 0.416 e. The van der Waals surface area contributed by atoms with Gasteiger partial charge in [-0.05, 0) is 42.8 Å². The summed E-state index contributed by atoms with van der Waals surface area (Å²) < 4.78 is 37.2. The van der Waals surface area contributed by atoms with Gasteiger partial charge in [-0.25, -0.2) is 0 Å². The lowest BCUT2D eigenvalue weighted by molar-refractivity contribution is -0.137. The molecule has 0 saturated heterocycles. The lowest BCUT2D eigenvalue weighted by atomic mass is 10.2. The number of rotatable bonds is 2. The minimum atomic E-state index is -4.27. The van der Waals surface area contributed by atoms with Crippen LogP contribution in [0.15, 0.2) is 58.3 Å². The molecule has 0 aliphatic rings. The Hall–Kier alpha value is -1.42. The Bertz CT molecular complexity index is 530. The molecule has 20 heavy (non-hydrogen) atoms. The summed E-state index contributed by atoms with van der Waals surface area (Å²) in [4.78, 5) is 1.86. The molecule has 2 aromatic rings. The van der Waals surface area contributed by atoms with Gasteiger partial charge >= 0.3 is 6.18 Å². The minimum Gasteiger partial charge on any atom is -0.166 e. The largest absolute Gasteiger partial charge is 0.416 e. The molecule has 4 heteroatoms. The molecule has 0 spiro atoms. The van der Waals surface area contributed by atoms with E-state index in [-0.39, 0.29) is 0 Å². The molecule has 0 aliphatic heterocycles. The first-order chi connectivity index (χ1) is 9.47. The standard InChI is InChI=1S/C14H11F3S.C2H6/c1-10-4-2-3-5-13(10)18-12-8-6-11(7-9-12)14(15,16)17;1-2/h2-9H,1H3;1-2H3. The Kier molecular flexibility index (Phi) is 6.14. The third kappa shape index (κ3) is 4.60. The van der Waals surface area contributed by atoms with Gasteiger partial charge in [-0.2, -0.15) is 13.2 Å². The van der Waals surface area contributed by atoms with E-state index < -0.39 is 11.7 Å². The Balaban J connectivity index is 0.000000956. The van der Waals surface area contributed by atoms with Crippen LogP contribution in [-0.4, -0.2) is 0 Å². The minimum absolute atomic E-state index is 0.614. The predicted octanol–water partition coefficient (Wildman–Crippen LogP) is 6.19. The second-order valence-electron chi connectivity index (χ2n) is 3.89. The van der Waals surface area contributed by atoms with E-state index in [9.17, 15) is 13.2 Å². The summed E-state index contributed by atoms with van der Waals surface area (Å²) in [5.74, 6) is 0. The van der Waals surface area contributed by atoms with E-state index in [0.717, 1.165) is 27.5 Å². The molecule has 108 valence electrons. The third-order valence-corrected chi connectivity index (χ3v) is 3.69. The zero-order valence-corrected chi connectivity index (χ0v) is 12.5. The maximum absolute atomic E-state index is 12.4. The summed E-state index contributed by atoms with van der Waals surface area (Å²) in [5.41, 5.74) is 0.499. The molecule has 0 N–H and O–H groups in total. The second-order valence-corrected chi connectivity index (χ2v) is 5.01. The van der Waals surface area contributed by atoms with Crippen LogP contribution >= 0.6 is 11.8 Å². The van der Waals surface area contributed by atoms with Gasteiger partial charge in [0.1, 0.15) is 0 Å². The highest BCUT2D eigenvalue weighted by atomic mass is 32.2. The van der Waals surface area contributed by atoms with Crippen molar-refractivity contribution in [3.05, 3.63) is 59.7 Å². The van der Waals surface area contributed by atoms with Crippen molar-refractivity contribution < 1.29 is 13.2 Å². The van der Waals surface area contributed by atoms with Crippen LogP contribution in [0.5, 0.6) is 0 Å². The van der Waals surface area contributed by atoms with Crippen molar-refractivity contribution in [2.75, 3.05) is 0 Å². The molecule has 2 aromatic carbocycles. The van der Waals surface area contributed by atoms with Crippen LogP contribution in [0, 0.1) is 6.92 Å². The lowest BCUT2D eigenvalue weighted by Gasteiger charge is -2.08. The van der Waals surface area contributed by atoms with E-state index in [2.05, 4.69) is 0 Å². The highest BCUT2D eigenvalue weighted by molar-refractivity contribution is 7.99. The number of benzene rings is 2. The molecule has 0 radical (unpaired) electrons. The van der Waals surface area contributed by atoms with Gasteiger partial charge in [0.05, 0.1) is 5.56 Å². The average molecular weight is 298 g/mol. The second kappa shape index (κ2) is 7.39. The molecule has 2 rings (SSSR count). The Morgan fingerprint density at radius 1 is 0.850 bits per heavy atom. The van der Waals surface area contributed by atoms with Gasteiger partial charge in [0.15, 0.2) is 0 Å². The summed E-state index contributed by atoms with van der Waals surface area (Å²) in [6.45, 7) is 5.98. The van der Waals surface area contributed by atoms with E-state index in [0.29, 0.717) is 0 Å². The fraction of sp³-hybridized carbons (Fsp3) is 0.250. The topological polar surface area (TPSA) is 0 Å². The van der Waals surface area contributed by atoms with Crippen LogP contribution in [0.3, 0.4) is 0 Å². The zero-order valence-electron chi connectivity index (χ0n) is 11.7. The molecule has 0 bridgehead atoms. The molecule has 0 saturated carbocycles. The first kappa shape index (κ1) is 16.6. The van der Waals surface area contributed by atoms with E-state index in [4.69, 9.17) is 0 Å². The first-order valence-corrected chi connectivity index (χ1v) is 7.19. The van der Waals surface area contributed by atoms with Gasteiger partial charge in [0.2, 0.25) is 0 Å².